The van der Waals surface area contributed by atoms with Crippen LogP contribution in [0.4, 0.5) is 5.69 Å². The largest absolute Gasteiger partial charge is 0.349 e. The topological polar surface area (TPSA) is 104 Å². The summed E-state index contributed by atoms with van der Waals surface area (Å²) in [5.74, 6) is 0.684. The van der Waals surface area contributed by atoms with E-state index < -0.39 is 0 Å². The summed E-state index contributed by atoms with van der Waals surface area (Å²) in [6.45, 7) is 5.71. The van der Waals surface area contributed by atoms with Crippen LogP contribution in [0.25, 0.3) is 10.2 Å². The number of nitrogens with zero attached hydrogens (tertiary/aromatic N) is 1. The number of nitrogens with one attached hydrogen (secondary N) is 3. The average molecular weight is 457 g/mol. The van der Waals surface area contributed by atoms with Gasteiger partial charge in [0.25, 0.3) is 11.5 Å². The Bertz CT molecular complexity index is 1210. The lowest BCUT2D eigenvalue weighted by atomic mass is 10.2. The van der Waals surface area contributed by atoms with Gasteiger partial charge >= 0.3 is 0 Å². The van der Waals surface area contributed by atoms with Crippen LogP contribution < -0.4 is 16.2 Å². The zero-order valence-electron chi connectivity index (χ0n) is 17.6. The van der Waals surface area contributed by atoms with Crippen molar-refractivity contribution in [1.82, 2.24) is 15.3 Å². The van der Waals surface area contributed by atoms with Crippen LogP contribution in [0.3, 0.4) is 0 Å². The molecule has 1 atom stereocenters. The van der Waals surface area contributed by atoms with E-state index in [0.717, 1.165) is 28.1 Å². The summed E-state index contributed by atoms with van der Waals surface area (Å²) >= 11 is 2.90. The zero-order chi connectivity index (χ0) is 22.1. The van der Waals surface area contributed by atoms with Crippen molar-refractivity contribution in [3.05, 3.63) is 56.4 Å². The van der Waals surface area contributed by atoms with Gasteiger partial charge < -0.3 is 15.6 Å². The molecule has 3 aromatic rings. The molecular weight excluding hydrogens is 432 g/mol. The molecule has 1 aromatic carbocycles. The number of thioether (sulfide) groups is 1. The molecule has 2 aromatic heterocycles. The number of thiophene rings is 1. The van der Waals surface area contributed by atoms with E-state index in [1.165, 1.54) is 23.1 Å². The van der Waals surface area contributed by atoms with E-state index in [0.29, 0.717) is 28.2 Å². The Balaban J connectivity index is 1.37. The monoisotopic (exact) mass is 456 g/mol. The maximum absolute atomic E-state index is 12.6. The van der Waals surface area contributed by atoms with Crippen molar-refractivity contribution in [1.29, 1.82) is 0 Å². The van der Waals surface area contributed by atoms with Crippen LogP contribution in [0.5, 0.6) is 0 Å². The first-order chi connectivity index (χ1) is 14.8. The lowest BCUT2D eigenvalue weighted by Gasteiger charge is -2.12. The minimum atomic E-state index is -0.364. The first kappa shape index (κ1) is 21.6. The smallest absolute Gasteiger partial charge is 0.259 e. The number of fused-ring (bicyclic) bond motifs is 1. The number of hydrogen-bond acceptors (Lipinski definition) is 6. The second kappa shape index (κ2) is 8.84. The number of H-pyrrole nitrogens is 1. The average Bonchev–Trinajstić information content (AvgIpc) is 3.50. The summed E-state index contributed by atoms with van der Waals surface area (Å²) < 4.78 is 0. The van der Waals surface area contributed by atoms with Crippen molar-refractivity contribution in [2.24, 2.45) is 0 Å². The Labute approximate surface area is 188 Å². The minimum Gasteiger partial charge on any atom is -0.349 e. The Kier molecular flexibility index (Phi) is 6.15. The summed E-state index contributed by atoms with van der Waals surface area (Å²) in [6.07, 6.45) is 2.05. The van der Waals surface area contributed by atoms with E-state index in [2.05, 4.69) is 20.6 Å². The maximum atomic E-state index is 12.6. The van der Waals surface area contributed by atoms with E-state index in [1.807, 2.05) is 13.8 Å². The van der Waals surface area contributed by atoms with Crippen molar-refractivity contribution in [3.8, 4) is 0 Å². The van der Waals surface area contributed by atoms with Gasteiger partial charge in [-0.2, -0.15) is 0 Å². The summed E-state index contributed by atoms with van der Waals surface area (Å²) in [5.41, 5.74) is 1.94. The molecule has 0 aliphatic heterocycles. The van der Waals surface area contributed by atoms with Gasteiger partial charge in [0.2, 0.25) is 5.91 Å². The number of rotatable bonds is 7. The van der Waals surface area contributed by atoms with E-state index in [-0.39, 0.29) is 28.7 Å². The predicted octanol–water partition coefficient (Wildman–Crippen LogP) is 3.75. The first-order valence-corrected chi connectivity index (χ1v) is 12.0. The number of carbonyl (C=O) groups is 2. The number of aromatic nitrogens is 2. The number of carbonyl (C=O) groups excluding carboxylic acids is 2. The molecule has 2 heterocycles. The van der Waals surface area contributed by atoms with Crippen LogP contribution in [0.2, 0.25) is 0 Å². The summed E-state index contributed by atoms with van der Waals surface area (Å²) in [7, 11) is 0. The van der Waals surface area contributed by atoms with Crippen LogP contribution in [0.1, 0.15) is 46.4 Å². The third-order valence-corrected chi connectivity index (χ3v) is 7.49. The zero-order valence-corrected chi connectivity index (χ0v) is 19.2. The molecule has 7 nitrogen and oxygen atoms in total. The minimum absolute atomic E-state index is 0.120. The predicted molar refractivity (Wildman–Crippen MR) is 126 cm³/mol. The molecule has 0 radical (unpaired) electrons. The van der Waals surface area contributed by atoms with Crippen molar-refractivity contribution in [2.75, 3.05) is 5.32 Å². The van der Waals surface area contributed by atoms with Crippen molar-refractivity contribution in [3.63, 3.8) is 0 Å². The molecule has 1 aliphatic rings. The summed E-state index contributed by atoms with van der Waals surface area (Å²) in [4.78, 5) is 46.4. The molecule has 9 heteroatoms. The van der Waals surface area contributed by atoms with Gasteiger partial charge in [0.1, 0.15) is 10.7 Å². The molecule has 1 fully saturated rings. The van der Waals surface area contributed by atoms with Crippen LogP contribution in [-0.2, 0) is 10.5 Å². The normalized spacial score (nSPS) is 14.4. The molecule has 0 saturated heterocycles. The highest BCUT2D eigenvalue weighted by molar-refractivity contribution is 7.99. The lowest BCUT2D eigenvalue weighted by Crippen LogP contribution is -2.26. The van der Waals surface area contributed by atoms with Gasteiger partial charge in [-0.25, -0.2) is 4.98 Å². The maximum Gasteiger partial charge on any atom is 0.259 e. The molecule has 4 rings (SSSR count). The fraction of sp³-hybridized carbons (Fsp3) is 0.364. The number of hydrogen-bond donors (Lipinski definition) is 3. The van der Waals surface area contributed by atoms with Gasteiger partial charge in [-0.1, -0.05) is 6.07 Å². The third-order valence-electron chi connectivity index (χ3n) is 5.23. The van der Waals surface area contributed by atoms with Crippen molar-refractivity contribution in [2.45, 2.75) is 50.7 Å². The molecule has 1 aliphatic carbocycles. The molecule has 2 amide bonds. The first-order valence-electron chi connectivity index (χ1n) is 10.1. The Morgan fingerprint density at radius 2 is 2.10 bits per heavy atom. The summed E-state index contributed by atoms with van der Waals surface area (Å²) in [6, 6.07) is 7.21. The number of benzene rings is 1. The van der Waals surface area contributed by atoms with Gasteiger partial charge in [-0.05, 0) is 57.4 Å². The van der Waals surface area contributed by atoms with Gasteiger partial charge in [-0.3, -0.25) is 14.4 Å². The van der Waals surface area contributed by atoms with Crippen molar-refractivity contribution >= 4 is 50.8 Å². The fourth-order valence-corrected chi connectivity index (χ4v) is 4.93. The highest BCUT2D eigenvalue weighted by Gasteiger charge is 2.24. The van der Waals surface area contributed by atoms with Crippen molar-refractivity contribution < 1.29 is 9.59 Å². The molecule has 0 spiro atoms. The fourth-order valence-electron chi connectivity index (χ4n) is 3.13. The second-order valence-corrected chi connectivity index (χ2v) is 10.3. The van der Waals surface area contributed by atoms with Crippen LogP contribution in [-0.4, -0.2) is 33.1 Å². The molecule has 1 saturated carbocycles. The Hall–Kier alpha value is -2.65. The number of aryl methyl sites for hydroxylation is 2. The standard InChI is InChI=1S/C22H24N4O3S2/c1-11-12(2)31-22-18(11)21(29)25-17(26-22)10-30-13(3)19(27)24-16-6-4-5-14(9-16)20(28)23-15-7-8-15/h4-6,9,13,15H,7-8,10H2,1-3H3,(H,23,28)(H,24,27)(H,25,26,29). The number of amides is 2. The Morgan fingerprint density at radius 1 is 1.32 bits per heavy atom. The highest BCUT2D eigenvalue weighted by Crippen LogP contribution is 2.27. The van der Waals surface area contributed by atoms with Gasteiger partial charge in [0, 0.05) is 22.2 Å². The second-order valence-electron chi connectivity index (χ2n) is 7.75. The molecule has 3 N–H and O–H groups in total. The Morgan fingerprint density at radius 3 is 2.84 bits per heavy atom. The van der Waals surface area contributed by atoms with Gasteiger partial charge in [0.05, 0.1) is 16.4 Å². The quantitative estimate of drug-likeness (QED) is 0.502. The molecule has 1 unspecified atom stereocenters. The van der Waals surface area contributed by atoms with E-state index in [4.69, 9.17) is 0 Å². The lowest BCUT2D eigenvalue weighted by molar-refractivity contribution is -0.115. The number of aromatic amines is 1. The summed E-state index contributed by atoms with van der Waals surface area (Å²) in [5, 5.41) is 6.09. The SMILES string of the molecule is Cc1sc2nc(CSC(C)C(=O)Nc3cccc(C(=O)NC4CC4)c3)[nH]c(=O)c2c1C. The van der Waals surface area contributed by atoms with E-state index >= 15 is 0 Å². The van der Waals surface area contributed by atoms with E-state index in [9.17, 15) is 14.4 Å². The van der Waals surface area contributed by atoms with Crippen LogP contribution >= 0.6 is 23.1 Å². The number of anilines is 1. The molecular formula is C22H24N4O3S2. The third kappa shape index (κ3) is 4.99. The van der Waals surface area contributed by atoms with Crippen LogP contribution in [0, 0.1) is 13.8 Å². The molecule has 162 valence electrons. The highest BCUT2D eigenvalue weighted by atomic mass is 32.2. The molecule has 31 heavy (non-hydrogen) atoms. The van der Waals surface area contributed by atoms with Gasteiger partial charge in [-0.15, -0.1) is 23.1 Å². The van der Waals surface area contributed by atoms with Gasteiger partial charge in [0.15, 0.2) is 0 Å². The molecule has 0 bridgehead atoms. The van der Waals surface area contributed by atoms with E-state index in [1.54, 1.807) is 31.2 Å². The van der Waals surface area contributed by atoms with Crippen LogP contribution in [0.15, 0.2) is 29.1 Å².